The van der Waals surface area contributed by atoms with Crippen molar-refractivity contribution in [1.29, 1.82) is 0 Å². The van der Waals surface area contributed by atoms with Crippen LogP contribution in [0.3, 0.4) is 0 Å². The SMILES string of the molecule is COc1ccccc1CN1C(=O)C(c2ccc(C)c(C)c2)=C(N2CCCCC2)C1=O. The zero-order chi connectivity index (χ0) is 21.3. The number of carbonyl (C=O) groups is 2. The van der Waals surface area contributed by atoms with Crippen LogP contribution in [0.1, 0.15) is 41.5 Å². The normalized spacial score (nSPS) is 17.2. The van der Waals surface area contributed by atoms with Crippen LogP contribution < -0.4 is 4.74 Å². The molecule has 0 aromatic heterocycles. The second-order valence-electron chi connectivity index (χ2n) is 8.08. The van der Waals surface area contributed by atoms with E-state index >= 15 is 0 Å². The fourth-order valence-electron chi connectivity index (χ4n) is 4.28. The van der Waals surface area contributed by atoms with Crippen LogP contribution in [0.2, 0.25) is 0 Å². The van der Waals surface area contributed by atoms with E-state index in [0.29, 0.717) is 17.0 Å². The topological polar surface area (TPSA) is 49.9 Å². The summed E-state index contributed by atoms with van der Waals surface area (Å²) in [5, 5.41) is 0. The van der Waals surface area contributed by atoms with Crippen molar-refractivity contribution in [3.63, 3.8) is 0 Å². The first-order valence-corrected chi connectivity index (χ1v) is 10.6. The van der Waals surface area contributed by atoms with E-state index in [2.05, 4.69) is 11.8 Å². The number of likely N-dealkylation sites (tertiary alicyclic amines) is 1. The minimum absolute atomic E-state index is 0.202. The van der Waals surface area contributed by atoms with E-state index < -0.39 is 0 Å². The number of hydrogen-bond donors (Lipinski definition) is 0. The Bertz CT molecular complexity index is 1020. The van der Waals surface area contributed by atoms with Crippen LogP contribution in [-0.2, 0) is 16.1 Å². The van der Waals surface area contributed by atoms with Crippen molar-refractivity contribution < 1.29 is 14.3 Å². The molecule has 30 heavy (non-hydrogen) atoms. The number of rotatable bonds is 5. The summed E-state index contributed by atoms with van der Waals surface area (Å²) < 4.78 is 5.44. The summed E-state index contributed by atoms with van der Waals surface area (Å²) in [7, 11) is 1.60. The summed E-state index contributed by atoms with van der Waals surface area (Å²) in [4.78, 5) is 30.5. The van der Waals surface area contributed by atoms with Crippen LogP contribution in [0.25, 0.3) is 5.57 Å². The molecule has 2 heterocycles. The molecule has 0 radical (unpaired) electrons. The Balaban J connectivity index is 1.76. The van der Waals surface area contributed by atoms with Gasteiger partial charge in [0.2, 0.25) is 0 Å². The van der Waals surface area contributed by atoms with Crippen molar-refractivity contribution in [2.24, 2.45) is 0 Å². The molecule has 2 aliphatic rings. The lowest BCUT2D eigenvalue weighted by molar-refractivity contribution is -0.138. The third-order valence-electron chi connectivity index (χ3n) is 6.13. The molecule has 0 aliphatic carbocycles. The van der Waals surface area contributed by atoms with Gasteiger partial charge < -0.3 is 9.64 Å². The molecule has 2 amide bonds. The number of imide groups is 1. The molecule has 4 rings (SSSR count). The third kappa shape index (κ3) is 3.60. The van der Waals surface area contributed by atoms with E-state index in [0.717, 1.165) is 49.0 Å². The first kappa shape index (κ1) is 20.2. The van der Waals surface area contributed by atoms with Gasteiger partial charge in [-0.05, 0) is 55.9 Å². The van der Waals surface area contributed by atoms with Gasteiger partial charge >= 0.3 is 0 Å². The molecule has 0 spiro atoms. The highest BCUT2D eigenvalue weighted by molar-refractivity contribution is 6.35. The van der Waals surface area contributed by atoms with Gasteiger partial charge in [0.15, 0.2) is 0 Å². The minimum atomic E-state index is -0.227. The highest BCUT2D eigenvalue weighted by Gasteiger charge is 2.42. The van der Waals surface area contributed by atoms with E-state index in [-0.39, 0.29) is 18.4 Å². The smallest absolute Gasteiger partial charge is 0.278 e. The Morgan fingerprint density at radius 3 is 2.33 bits per heavy atom. The van der Waals surface area contributed by atoms with Gasteiger partial charge in [0.25, 0.3) is 11.8 Å². The zero-order valence-corrected chi connectivity index (χ0v) is 17.9. The fraction of sp³-hybridized carbons (Fsp3) is 0.360. The van der Waals surface area contributed by atoms with Gasteiger partial charge in [0.1, 0.15) is 11.4 Å². The average Bonchev–Trinajstić information content (AvgIpc) is 3.01. The first-order valence-electron chi connectivity index (χ1n) is 10.6. The van der Waals surface area contributed by atoms with Gasteiger partial charge in [-0.3, -0.25) is 14.5 Å². The number of aryl methyl sites for hydroxylation is 2. The Morgan fingerprint density at radius 2 is 1.63 bits per heavy atom. The quantitative estimate of drug-likeness (QED) is 0.705. The molecule has 0 saturated carbocycles. The van der Waals surface area contributed by atoms with Crippen molar-refractivity contribution in [2.75, 3.05) is 20.2 Å². The van der Waals surface area contributed by atoms with Gasteiger partial charge in [-0.25, -0.2) is 0 Å². The van der Waals surface area contributed by atoms with Gasteiger partial charge in [-0.1, -0.05) is 36.4 Å². The maximum absolute atomic E-state index is 13.5. The molecule has 0 N–H and O–H groups in total. The average molecular weight is 405 g/mol. The first-order chi connectivity index (χ1) is 14.5. The monoisotopic (exact) mass is 404 g/mol. The molecule has 5 nitrogen and oxygen atoms in total. The summed E-state index contributed by atoms with van der Waals surface area (Å²) in [5.41, 5.74) is 5.00. The Hall–Kier alpha value is -3.08. The van der Waals surface area contributed by atoms with Crippen LogP contribution >= 0.6 is 0 Å². The maximum Gasteiger partial charge on any atom is 0.278 e. The molecule has 2 aromatic rings. The number of nitrogens with zero attached hydrogens (tertiary/aromatic N) is 2. The number of para-hydroxylation sites is 1. The molecule has 0 atom stereocenters. The summed E-state index contributed by atoms with van der Waals surface area (Å²) in [5.74, 6) is 0.244. The maximum atomic E-state index is 13.5. The lowest BCUT2D eigenvalue weighted by atomic mass is 9.98. The highest BCUT2D eigenvalue weighted by atomic mass is 16.5. The van der Waals surface area contributed by atoms with Crippen LogP contribution in [0, 0.1) is 13.8 Å². The number of hydrogen-bond acceptors (Lipinski definition) is 4. The number of amides is 2. The van der Waals surface area contributed by atoms with E-state index in [9.17, 15) is 9.59 Å². The second-order valence-corrected chi connectivity index (χ2v) is 8.08. The van der Waals surface area contributed by atoms with E-state index in [4.69, 9.17) is 4.74 Å². The lowest BCUT2D eigenvalue weighted by Crippen LogP contribution is -2.37. The zero-order valence-electron chi connectivity index (χ0n) is 17.9. The second kappa shape index (κ2) is 8.34. The van der Waals surface area contributed by atoms with Gasteiger partial charge in [-0.2, -0.15) is 0 Å². The summed E-state index contributed by atoms with van der Waals surface area (Å²) in [6, 6.07) is 13.5. The Labute approximate surface area is 177 Å². The predicted octanol–water partition coefficient (Wildman–Crippen LogP) is 4.08. The number of ether oxygens (including phenoxy) is 1. The standard InChI is InChI=1S/C25H28N2O3/c1-17-11-12-19(15-18(17)2)22-23(26-13-7-4-8-14-26)25(29)27(24(22)28)16-20-9-5-6-10-21(20)30-3/h5-6,9-12,15H,4,7-8,13-14,16H2,1-3H3. The minimum Gasteiger partial charge on any atom is -0.496 e. The van der Waals surface area contributed by atoms with Crippen molar-refractivity contribution in [3.05, 3.63) is 70.4 Å². The molecule has 1 saturated heterocycles. The largest absolute Gasteiger partial charge is 0.496 e. The van der Waals surface area contributed by atoms with Crippen molar-refractivity contribution in [1.82, 2.24) is 9.80 Å². The summed E-state index contributed by atoms with van der Waals surface area (Å²) >= 11 is 0. The van der Waals surface area contributed by atoms with Gasteiger partial charge in [-0.15, -0.1) is 0 Å². The summed E-state index contributed by atoms with van der Waals surface area (Å²) in [6.07, 6.45) is 3.24. The van der Waals surface area contributed by atoms with E-state index in [1.54, 1.807) is 7.11 Å². The predicted molar refractivity (Wildman–Crippen MR) is 117 cm³/mol. The van der Waals surface area contributed by atoms with Crippen LogP contribution in [0.15, 0.2) is 48.2 Å². The Morgan fingerprint density at radius 1 is 0.900 bits per heavy atom. The van der Waals surface area contributed by atoms with E-state index in [1.807, 2.05) is 49.4 Å². The molecule has 2 aromatic carbocycles. The van der Waals surface area contributed by atoms with Crippen LogP contribution in [-0.4, -0.2) is 41.8 Å². The summed E-state index contributed by atoms with van der Waals surface area (Å²) in [6.45, 7) is 5.91. The van der Waals surface area contributed by atoms with Gasteiger partial charge in [0.05, 0.1) is 19.2 Å². The molecule has 156 valence electrons. The molecule has 1 fully saturated rings. The van der Waals surface area contributed by atoms with Crippen molar-refractivity contribution >= 4 is 17.4 Å². The third-order valence-corrected chi connectivity index (χ3v) is 6.13. The molecular formula is C25H28N2O3. The number of piperidine rings is 1. The molecule has 5 heteroatoms. The van der Waals surface area contributed by atoms with Crippen LogP contribution in [0.5, 0.6) is 5.75 Å². The molecule has 0 bridgehead atoms. The van der Waals surface area contributed by atoms with Crippen molar-refractivity contribution in [2.45, 2.75) is 39.7 Å². The molecule has 0 unspecified atom stereocenters. The number of methoxy groups -OCH3 is 1. The highest BCUT2D eigenvalue weighted by Crippen LogP contribution is 2.35. The lowest BCUT2D eigenvalue weighted by Gasteiger charge is -2.29. The number of benzene rings is 2. The van der Waals surface area contributed by atoms with E-state index in [1.165, 1.54) is 10.5 Å². The number of carbonyl (C=O) groups excluding carboxylic acids is 2. The molecule has 2 aliphatic heterocycles. The Kier molecular flexibility index (Phi) is 5.62. The van der Waals surface area contributed by atoms with Gasteiger partial charge in [0, 0.05) is 18.7 Å². The van der Waals surface area contributed by atoms with Crippen LogP contribution in [0.4, 0.5) is 0 Å². The van der Waals surface area contributed by atoms with Crippen molar-refractivity contribution in [3.8, 4) is 5.75 Å². The molecular weight excluding hydrogens is 376 g/mol. The fourth-order valence-corrected chi connectivity index (χ4v) is 4.28.